The summed E-state index contributed by atoms with van der Waals surface area (Å²) < 4.78 is 0. The van der Waals surface area contributed by atoms with Crippen molar-refractivity contribution in [3.05, 3.63) is 62.5 Å². The Morgan fingerprint density at radius 2 is 1.78 bits per heavy atom. The third-order valence-electron chi connectivity index (χ3n) is 4.36. The van der Waals surface area contributed by atoms with Gasteiger partial charge in [-0.05, 0) is 21.0 Å². The van der Waals surface area contributed by atoms with Crippen molar-refractivity contribution in [3.63, 3.8) is 0 Å². The Hall–Kier alpha value is -3.20. The third-order valence-corrected chi connectivity index (χ3v) is 4.36. The van der Waals surface area contributed by atoms with Crippen molar-refractivity contribution in [1.29, 1.82) is 0 Å². The summed E-state index contributed by atoms with van der Waals surface area (Å²) in [6.45, 7) is 2.05. The average molecular weight is 375 g/mol. The van der Waals surface area contributed by atoms with Crippen molar-refractivity contribution >= 4 is 17.6 Å². The van der Waals surface area contributed by atoms with Crippen LogP contribution in [0, 0.1) is 10.1 Å². The Labute approximate surface area is 155 Å². The summed E-state index contributed by atoms with van der Waals surface area (Å²) >= 11 is 0. The molecule has 0 aliphatic carbocycles. The molecule has 1 aliphatic rings. The van der Waals surface area contributed by atoms with Crippen LogP contribution in [-0.2, 0) is 9.59 Å². The second kappa shape index (κ2) is 8.00. The van der Waals surface area contributed by atoms with Gasteiger partial charge in [-0.2, -0.15) is 0 Å². The molecule has 0 spiro atoms. The molecule has 1 aromatic carbocycles. The molecule has 0 radical (unpaired) electrons. The second-order valence-corrected chi connectivity index (χ2v) is 6.47. The maximum atomic E-state index is 12.1. The van der Waals surface area contributed by atoms with E-state index in [1.807, 2.05) is 19.0 Å². The minimum Gasteiger partial charge on any atom is -0.478 e. The lowest BCUT2D eigenvalue weighted by Crippen LogP contribution is -2.33. The standard InChI is InChI=1S/C18H21N3O6/c1-10-14(17(22)23)15(11-6-4-5-7-13(11)21(26)27)16(18(24)25)12(19-10)8-9-20(2)3/h4-7,15,19H,8-9H2,1-3H3,(H,22,23)(H,24,25). The first-order valence-electron chi connectivity index (χ1n) is 8.20. The van der Waals surface area contributed by atoms with Crippen LogP contribution in [0.3, 0.4) is 0 Å². The van der Waals surface area contributed by atoms with Crippen LogP contribution in [0.25, 0.3) is 0 Å². The zero-order valence-electron chi connectivity index (χ0n) is 15.2. The fourth-order valence-corrected chi connectivity index (χ4v) is 3.17. The molecule has 0 aromatic heterocycles. The highest BCUT2D eigenvalue weighted by Gasteiger charge is 2.40. The van der Waals surface area contributed by atoms with Gasteiger partial charge in [0.25, 0.3) is 5.69 Å². The van der Waals surface area contributed by atoms with Gasteiger partial charge in [0.2, 0.25) is 0 Å². The predicted molar refractivity (Wildman–Crippen MR) is 97.1 cm³/mol. The average Bonchev–Trinajstić information content (AvgIpc) is 2.58. The van der Waals surface area contributed by atoms with Crippen molar-refractivity contribution in [2.75, 3.05) is 20.6 Å². The number of rotatable bonds is 7. The summed E-state index contributed by atoms with van der Waals surface area (Å²) in [5.74, 6) is -3.89. The first-order chi connectivity index (χ1) is 12.6. The molecule has 0 fully saturated rings. The molecule has 9 heteroatoms. The molecule has 1 atom stereocenters. The molecule has 1 unspecified atom stereocenters. The van der Waals surface area contributed by atoms with Gasteiger partial charge in [-0.3, -0.25) is 10.1 Å². The minimum atomic E-state index is -1.33. The van der Waals surface area contributed by atoms with E-state index < -0.39 is 22.8 Å². The van der Waals surface area contributed by atoms with Crippen molar-refractivity contribution in [3.8, 4) is 0 Å². The van der Waals surface area contributed by atoms with Crippen LogP contribution in [0.5, 0.6) is 0 Å². The van der Waals surface area contributed by atoms with Crippen molar-refractivity contribution in [1.82, 2.24) is 10.2 Å². The fraction of sp³-hybridized carbons (Fsp3) is 0.333. The third kappa shape index (κ3) is 4.14. The molecule has 144 valence electrons. The number of dihydropyridines is 1. The first-order valence-corrected chi connectivity index (χ1v) is 8.20. The van der Waals surface area contributed by atoms with Crippen LogP contribution in [0.4, 0.5) is 5.69 Å². The number of nitro benzene ring substituents is 1. The number of nitrogens with one attached hydrogen (secondary N) is 1. The highest BCUT2D eigenvalue weighted by Crippen LogP contribution is 2.42. The molecule has 1 aromatic rings. The number of aliphatic carboxylic acids is 2. The van der Waals surface area contributed by atoms with E-state index in [0.717, 1.165) is 0 Å². The van der Waals surface area contributed by atoms with Gasteiger partial charge in [0, 0.05) is 36.0 Å². The number of benzene rings is 1. The van der Waals surface area contributed by atoms with E-state index in [1.54, 1.807) is 0 Å². The summed E-state index contributed by atoms with van der Waals surface area (Å²) in [5.41, 5.74) is -0.0575. The lowest BCUT2D eigenvalue weighted by molar-refractivity contribution is -0.385. The maximum Gasteiger partial charge on any atom is 0.334 e. The number of nitro groups is 1. The molecule has 1 aliphatic heterocycles. The van der Waals surface area contributed by atoms with E-state index in [2.05, 4.69) is 5.32 Å². The van der Waals surface area contributed by atoms with Crippen LogP contribution in [0.2, 0.25) is 0 Å². The summed E-state index contributed by atoms with van der Waals surface area (Å²) in [4.78, 5) is 36.6. The van der Waals surface area contributed by atoms with Crippen LogP contribution < -0.4 is 5.32 Å². The summed E-state index contributed by atoms with van der Waals surface area (Å²) in [6, 6.07) is 5.62. The molecule has 1 heterocycles. The summed E-state index contributed by atoms with van der Waals surface area (Å²) in [6.07, 6.45) is 0.329. The van der Waals surface area contributed by atoms with Gasteiger partial charge < -0.3 is 20.4 Å². The van der Waals surface area contributed by atoms with Crippen molar-refractivity contribution < 1.29 is 24.7 Å². The van der Waals surface area contributed by atoms with Crippen molar-refractivity contribution in [2.45, 2.75) is 19.3 Å². The molecule has 0 amide bonds. The van der Waals surface area contributed by atoms with E-state index >= 15 is 0 Å². The topological polar surface area (TPSA) is 133 Å². The van der Waals surface area contributed by atoms with E-state index in [9.17, 15) is 29.9 Å². The number of hydrogen-bond acceptors (Lipinski definition) is 6. The lowest BCUT2D eigenvalue weighted by Gasteiger charge is -2.30. The molecule has 27 heavy (non-hydrogen) atoms. The molecule has 9 nitrogen and oxygen atoms in total. The minimum absolute atomic E-state index is 0.0421. The summed E-state index contributed by atoms with van der Waals surface area (Å²) in [7, 11) is 3.66. The molecular weight excluding hydrogens is 354 g/mol. The van der Waals surface area contributed by atoms with Gasteiger partial charge >= 0.3 is 11.9 Å². The monoisotopic (exact) mass is 375 g/mol. The smallest absolute Gasteiger partial charge is 0.334 e. The van der Waals surface area contributed by atoms with E-state index in [-0.39, 0.29) is 28.1 Å². The number of nitrogens with zero attached hydrogens (tertiary/aromatic N) is 2. The fourth-order valence-electron chi connectivity index (χ4n) is 3.17. The van der Waals surface area contributed by atoms with Gasteiger partial charge in [0.15, 0.2) is 0 Å². The molecule has 2 rings (SSSR count). The van der Waals surface area contributed by atoms with Gasteiger partial charge in [0.1, 0.15) is 0 Å². The predicted octanol–water partition coefficient (Wildman–Crippen LogP) is 1.93. The van der Waals surface area contributed by atoms with Crippen molar-refractivity contribution in [2.24, 2.45) is 0 Å². The lowest BCUT2D eigenvalue weighted by atomic mass is 9.79. The molecular formula is C18H21N3O6. The normalized spacial score (nSPS) is 17.1. The molecule has 3 N–H and O–H groups in total. The van der Waals surface area contributed by atoms with Gasteiger partial charge in [-0.25, -0.2) is 9.59 Å². The zero-order valence-corrected chi connectivity index (χ0v) is 15.2. The Morgan fingerprint density at radius 3 is 2.30 bits per heavy atom. The van der Waals surface area contributed by atoms with Crippen LogP contribution in [0.1, 0.15) is 24.8 Å². The molecule has 0 saturated carbocycles. The van der Waals surface area contributed by atoms with Gasteiger partial charge in [0.05, 0.1) is 22.0 Å². The number of allylic oxidation sites excluding steroid dienone is 1. The van der Waals surface area contributed by atoms with Crippen LogP contribution in [-0.4, -0.2) is 52.6 Å². The molecule has 0 bridgehead atoms. The van der Waals surface area contributed by atoms with E-state index in [4.69, 9.17) is 0 Å². The SMILES string of the molecule is CC1=C(C(=O)O)C(c2ccccc2[N+](=O)[O-])C(C(=O)O)=C(CCN(C)C)N1. The van der Waals surface area contributed by atoms with E-state index in [0.29, 0.717) is 18.7 Å². The number of carboxylic acid groups (broad SMARTS) is 2. The maximum absolute atomic E-state index is 12.1. The van der Waals surface area contributed by atoms with Crippen LogP contribution in [0.15, 0.2) is 46.8 Å². The summed E-state index contributed by atoms with van der Waals surface area (Å²) in [5, 5.41) is 33.8. The first kappa shape index (κ1) is 20.1. The Balaban J connectivity index is 2.75. The van der Waals surface area contributed by atoms with Gasteiger partial charge in [-0.1, -0.05) is 18.2 Å². The quantitative estimate of drug-likeness (QED) is 0.486. The number of carbonyl (C=O) groups is 2. The zero-order chi connectivity index (χ0) is 20.3. The largest absolute Gasteiger partial charge is 0.478 e. The Kier molecular flexibility index (Phi) is 5.96. The number of carboxylic acids is 2. The highest BCUT2D eigenvalue weighted by atomic mass is 16.6. The van der Waals surface area contributed by atoms with E-state index in [1.165, 1.54) is 31.2 Å². The second-order valence-electron chi connectivity index (χ2n) is 6.47. The van der Waals surface area contributed by atoms with Crippen LogP contribution >= 0.6 is 0 Å². The highest BCUT2D eigenvalue weighted by molar-refractivity contribution is 5.98. The molecule has 0 saturated heterocycles. The Morgan fingerprint density at radius 1 is 1.19 bits per heavy atom. The van der Waals surface area contributed by atoms with Gasteiger partial charge in [-0.15, -0.1) is 0 Å². The number of para-hydroxylation sites is 1. The Bertz CT molecular complexity index is 856. The number of hydrogen-bond donors (Lipinski definition) is 3.